The molecule has 0 saturated carbocycles. The lowest BCUT2D eigenvalue weighted by molar-refractivity contribution is -0.120. The third kappa shape index (κ3) is 2.61. The zero-order valence-corrected chi connectivity index (χ0v) is 10.5. The summed E-state index contributed by atoms with van der Waals surface area (Å²) >= 11 is 6.03. The van der Waals surface area contributed by atoms with E-state index in [1.54, 1.807) is 0 Å². The lowest BCUT2D eigenvalue weighted by Crippen LogP contribution is -2.36. The molecular formula is C13H17ClN2O. The van der Waals surface area contributed by atoms with Gasteiger partial charge in [0, 0.05) is 29.9 Å². The first-order valence-electron chi connectivity index (χ1n) is 5.89. The summed E-state index contributed by atoms with van der Waals surface area (Å²) in [7, 11) is 0. The minimum absolute atomic E-state index is 0.113. The Morgan fingerprint density at radius 3 is 2.94 bits per heavy atom. The van der Waals surface area contributed by atoms with Crippen LogP contribution in [0.1, 0.15) is 24.8 Å². The molecule has 1 aliphatic heterocycles. The van der Waals surface area contributed by atoms with Crippen molar-refractivity contribution in [3.05, 3.63) is 34.9 Å². The van der Waals surface area contributed by atoms with E-state index >= 15 is 0 Å². The molecule has 1 saturated heterocycles. The third-order valence-corrected chi connectivity index (χ3v) is 3.82. The minimum Gasteiger partial charge on any atom is -0.356 e. The number of nitrogens with two attached hydrogens (primary N) is 1. The van der Waals surface area contributed by atoms with Crippen molar-refractivity contribution in [2.24, 2.45) is 5.73 Å². The second-order valence-corrected chi connectivity index (χ2v) is 5.03. The molecule has 1 unspecified atom stereocenters. The van der Waals surface area contributed by atoms with Gasteiger partial charge in [0.15, 0.2) is 0 Å². The van der Waals surface area contributed by atoms with Gasteiger partial charge in [0.25, 0.3) is 0 Å². The normalized spacial score (nSPS) is 25.2. The summed E-state index contributed by atoms with van der Waals surface area (Å²) in [5, 5.41) is 3.61. The van der Waals surface area contributed by atoms with Crippen molar-refractivity contribution in [2.75, 3.05) is 13.1 Å². The van der Waals surface area contributed by atoms with Gasteiger partial charge in [-0.05, 0) is 30.5 Å². The molecule has 2 rings (SSSR count). The van der Waals surface area contributed by atoms with Crippen LogP contribution >= 0.6 is 11.6 Å². The Morgan fingerprint density at radius 1 is 1.41 bits per heavy atom. The smallest absolute Gasteiger partial charge is 0.220 e. The highest BCUT2D eigenvalue weighted by Gasteiger charge is 2.33. The molecule has 1 aromatic carbocycles. The van der Waals surface area contributed by atoms with Gasteiger partial charge in [-0.2, -0.15) is 0 Å². The summed E-state index contributed by atoms with van der Waals surface area (Å²) in [5.41, 5.74) is 6.97. The zero-order valence-electron chi connectivity index (χ0n) is 9.71. The first-order chi connectivity index (χ1) is 8.16. The number of hydrogen-bond donors (Lipinski definition) is 2. The number of hydrogen-bond acceptors (Lipinski definition) is 2. The van der Waals surface area contributed by atoms with Crippen molar-refractivity contribution in [3.8, 4) is 0 Å². The van der Waals surface area contributed by atoms with E-state index in [9.17, 15) is 4.79 Å². The first-order valence-corrected chi connectivity index (χ1v) is 6.27. The Balaban J connectivity index is 2.32. The quantitative estimate of drug-likeness (QED) is 0.844. The fraction of sp³-hybridized carbons (Fsp3) is 0.462. The van der Waals surface area contributed by atoms with E-state index in [0.717, 1.165) is 23.4 Å². The van der Waals surface area contributed by atoms with Crippen LogP contribution in [0.4, 0.5) is 0 Å². The monoisotopic (exact) mass is 252 g/mol. The molecule has 0 radical (unpaired) electrons. The van der Waals surface area contributed by atoms with Crippen LogP contribution in [-0.4, -0.2) is 19.0 Å². The number of carbonyl (C=O) groups is 1. The number of rotatable bonds is 2. The Hall–Kier alpha value is -1.06. The second kappa shape index (κ2) is 5.07. The van der Waals surface area contributed by atoms with E-state index in [1.807, 2.05) is 18.2 Å². The molecule has 17 heavy (non-hydrogen) atoms. The molecule has 1 heterocycles. The van der Waals surface area contributed by atoms with Crippen molar-refractivity contribution in [3.63, 3.8) is 0 Å². The molecule has 1 aromatic rings. The van der Waals surface area contributed by atoms with E-state index in [0.29, 0.717) is 19.5 Å². The van der Waals surface area contributed by atoms with Gasteiger partial charge >= 0.3 is 0 Å². The fourth-order valence-corrected chi connectivity index (χ4v) is 2.63. The average molecular weight is 253 g/mol. The van der Waals surface area contributed by atoms with Gasteiger partial charge in [-0.15, -0.1) is 0 Å². The molecule has 92 valence electrons. The lowest BCUT2D eigenvalue weighted by Gasteiger charge is -2.31. The Bertz CT molecular complexity index is 422. The van der Waals surface area contributed by atoms with Crippen molar-refractivity contribution in [1.29, 1.82) is 0 Å². The highest BCUT2D eigenvalue weighted by molar-refractivity contribution is 6.30. The molecule has 1 fully saturated rings. The van der Waals surface area contributed by atoms with E-state index in [4.69, 9.17) is 17.3 Å². The molecule has 3 N–H and O–H groups in total. The topological polar surface area (TPSA) is 55.1 Å². The van der Waals surface area contributed by atoms with Crippen LogP contribution in [0.5, 0.6) is 0 Å². The largest absolute Gasteiger partial charge is 0.356 e. The second-order valence-electron chi connectivity index (χ2n) is 4.59. The van der Waals surface area contributed by atoms with Gasteiger partial charge in [-0.3, -0.25) is 4.79 Å². The van der Waals surface area contributed by atoms with Crippen LogP contribution in [0.25, 0.3) is 0 Å². The Morgan fingerprint density at radius 2 is 2.24 bits per heavy atom. The molecule has 0 aliphatic carbocycles. The van der Waals surface area contributed by atoms with Crippen LogP contribution < -0.4 is 11.1 Å². The van der Waals surface area contributed by atoms with Gasteiger partial charge in [-0.25, -0.2) is 0 Å². The molecule has 1 aliphatic rings. The number of amides is 1. The Labute approximate surface area is 106 Å². The summed E-state index contributed by atoms with van der Waals surface area (Å²) < 4.78 is 0. The molecule has 0 bridgehead atoms. The SMILES string of the molecule is NCC1(c2cccc(Cl)c2)CCNC(=O)CC1. The third-order valence-electron chi connectivity index (χ3n) is 3.58. The summed E-state index contributed by atoms with van der Waals surface area (Å²) in [5.74, 6) is 0.113. The molecule has 3 nitrogen and oxygen atoms in total. The number of halogens is 1. The maximum Gasteiger partial charge on any atom is 0.220 e. The summed E-state index contributed by atoms with van der Waals surface area (Å²) in [6, 6.07) is 7.81. The molecule has 0 spiro atoms. The van der Waals surface area contributed by atoms with Gasteiger partial charge in [0.1, 0.15) is 0 Å². The zero-order chi connectivity index (χ0) is 12.3. The fourth-order valence-electron chi connectivity index (χ4n) is 2.44. The molecule has 1 amide bonds. The maximum absolute atomic E-state index is 11.4. The Kier molecular flexibility index (Phi) is 3.69. The van der Waals surface area contributed by atoms with Crippen LogP contribution in [-0.2, 0) is 10.2 Å². The number of nitrogens with one attached hydrogen (secondary N) is 1. The van der Waals surface area contributed by atoms with Crippen molar-refractivity contribution < 1.29 is 4.79 Å². The highest BCUT2D eigenvalue weighted by atomic mass is 35.5. The van der Waals surface area contributed by atoms with Gasteiger partial charge in [0.05, 0.1) is 0 Å². The van der Waals surface area contributed by atoms with Crippen molar-refractivity contribution >= 4 is 17.5 Å². The van der Waals surface area contributed by atoms with Gasteiger partial charge in [0.2, 0.25) is 5.91 Å². The minimum atomic E-state index is -0.121. The van der Waals surface area contributed by atoms with E-state index in [2.05, 4.69) is 11.4 Å². The summed E-state index contributed by atoms with van der Waals surface area (Å²) in [4.78, 5) is 11.4. The average Bonchev–Trinajstić information content (AvgIpc) is 2.52. The maximum atomic E-state index is 11.4. The summed E-state index contributed by atoms with van der Waals surface area (Å²) in [6.07, 6.45) is 2.19. The molecular weight excluding hydrogens is 236 g/mol. The van der Waals surface area contributed by atoms with E-state index in [-0.39, 0.29) is 11.3 Å². The predicted molar refractivity (Wildman–Crippen MR) is 69.0 cm³/mol. The number of carbonyl (C=O) groups excluding carboxylic acids is 1. The van der Waals surface area contributed by atoms with Crippen LogP contribution in [0.2, 0.25) is 5.02 Å². The predicted octanol–water partition coefficient (Wildman–Crippen LogP) is 1.84. The van der Waals surface area contributed by atoms with Crippen LogP contribution in [0, 0.1) is 0 Å². The van der Waals surface area contributed by atoms with E-state index in [1.165, 1.54) is 0 Å². The lowest BCUT2D eigenvalue weighted by atomic mass is 9.74. The molecule has 0 aromatic heterocycles. The van der Waals surface area contributed by atoms with Gasteiger partial charge < -0.3 is 11.1 Å². The number of benzene rings is 1. The molecule has 4 heteroatoms. The standard InChI is InChI=1S/C13H17ClN2O/c14-11-3-1-2-10(8-11)13(9-15)5-4-12(17)16-7-6-13/h1-3,8H,4-7,9,15H2,(H,16,17). The van der Waals surface area contributed by atoms with Crippen LogP contribution in [0.15, 0.2) is 24.3 Å². The van der Waals surface area contributed by atoms with Crippen LogP contribution in [0.3, 0.4) is 0 Å². The first kappa shape index (κ1) is 12.4. The van der Waals surface area contributed by atoms with Crippen molar-refractivity contribution in [1.82, 2.24) is 5.32 Å². The highest BCUT2D eigenvalue weighted by Crippen LogP contribution is 2.34. The van der Waals surface area contributed by atoms with Crippen molar-refractivity contribution in [2.45, 2.75) is 24.7 Å². The van der Waals surface area contributed by atoms with Gasteiger partial charge in [-0.1, -0.05) is 23.7 Å². The molecule has 1 atom stereocenters. The summed E-state index contributed by atoms with van der Waals surface area (Å²) in [6.45, 7) is 1.23. The van der Waals surface area contributed by atoms with E-state index < -0.39 is 0 Å².